The fourth-order valence-electron chi connectivity index (χ4n) is 2.01. The third-order valence-electron chi connectivity index (χ3n) is 3.41. The molecule has 0 aromatic heterocycles. The van der Waals surface area contributed by atoms with E-state index < -0.39 is 4.92 Å². The second-order valence-electron chi connectivity index (χ2n) is 5.15. The number of nitrogens with one attached hydrogen (secondary N) is 2. The Labute approximate surface area is 150 Å². The molecule has 0 unspecified atom stereocenters. The number of ether oxygens (including phenoxy) is 1. The number of methoxy groups -OCH3 is 1. The van der Waals surface area contributed by atoms with E-state index in [9.17, 15) is 10.1 Å². The van der Waals surface area contributed by atoms with Gasteiger partial charge in [-0.2, -0.15) is 5.10 Å². The molecule has 0 amide bonds. The monoisotopic (exact) mass is 358 g/mol. The molecule has 0 fully saturated rings. The normalized spacial score (nSPS) is 10.9. The third kappa shape index (κ3) is 5.54. The number of thiocarbonyl (C=S) groups is 1. The zero-order valence-electron chi connectivity index (χ0n) is 13.9. The molecule has 0 saturated carbocycles. The fourth-order valence-corrected chi connectivity index (χ4v) is 2.13. The highest BCUT2D eigenvalue weighted by Gasteiger charge is 2.07. The molecule has 7 nitrogen and oxygen atoms in total. The maximum absolute atomic E-state index is 10.8. The van der Waals surface area contributed by atoms with Gasteiger partial charge in [0.2, 0.25) is 0 Å². The van der Waals surface area contributed by atoms with Gasteiger partial charge < -0.3 is 10.1 Å². The van der Waals surface area contributed by atoms with Gasteiger partial charge in [0.1, 0.15) is 5.75 Å². The SMILES string of the molecule is COc1ccc(CNC(=S)N/N=C(/C)c2cccc([N+](=O)[O-])c2)cc1. The Morgan fingerprint density at radius 3 is 2.64 bits per heavy atom. The zero-order valence-corrected chi connectivity index (χ0v) is 14.7. The number of rotatable bonds is 6. The third-order valence-corrected chi connectivity index (χ3v) is 3.65. The van der Waals surface area contributed by atoms with Gasteiger partial charge in [-0.15, -0.1) is 0 Å². The minimum Gasteiger partial charge on any atom is -0.497 e. The van der Waals surface area contributed by atoms with Gasteiger partial charge in [0, 0.05) is 24.2 Å². The molecule has 0 bridgehead atoms. The van der Waals surface area contributed by atoms with Crippen molar-refractivity contribution >= 4 is 28.7 Å². The number of hydrogen-bond acceptors (Lipinski definition) is 5. The Bertz CT molecular complexity index is 791. The lowest BCUT2D eigenvalue weighted by Crippen LogP contribution is -2.32. The number of nitro groups is 1. The fraction of sp³-hybridized carbons (Fsp3) is 0.176. The van der Waals surface area contributed by atoms with Crippen molar-refractivity contribution in [2.75, 3.05) is 7.11 Å². The largest absolute Gasteiger partial charge is 0.497 e. The summed E-state index contributed by atoms with van der Waals surface area (Å²) in [5.74, 6) is 0.793. The topological polar surface area (TPSA) is 88.8 Å². The van der Waals surface area contributed by atoms with Gasteiger partial charge in [0.25, 0.3) is 5.69 Å². The van der Waals surface area contributed by atoms with Crippen LogP contribution >= 0.6 is 12.2 Å². The molecule has 0 aliphatic rings. The number of nitrogens with zero attached hydrogens (tertiary/aromatic N) is 2. The molecule has 0 spiro atoms. The van der Waals surface area contributed by atoms with Gasteiger partial charge in [0.15, 0.2) is 5.11 Å². The Morgan fingerprint density at radius 1 is 1.28 bits per heavy atom. The molecular weight excluding hydrogens is 340 g/mol. The first-order chi connectivity index (χ1) is 12.0. The summed E-state index contributed by atoms with van der Waals surface area (Å²) in [7, 11) is 1.62. The van der Waals surface area contributed by atoms with Crippen LogP contribution in [0.3, 0.4) is 0 Å². The van der Waals surface area contributed by atoms with Gasteiger partial charge in [-0.25, -0.2) is 0 Å². The average Bonchev–Trinajstić information content (AvgIpc) is 2.64. The lowest BCUT2D eigenvalue weighted by molar-refractivity contribution is -0.384. The Kier molecular flexibility index (Phi) is 6.41. The predicted molar refractivity (Wildman–Crippen MR) is 101 cm³/mol. The summed E-state index contributed by atoms with van der Waals surface area (Å²) in [6.07, 6.45) is 0. The van der Waals surface area contributed by atoms with Crippen LogP contribution in [0.5, 0.6) is 5.75 Å². The van der Waals surface area contributed by atoms with E-state index >= 15 is 0 Å². The summed E-state index contributed by atoms with van der Waals surface area (Å²) in [5.41, 5.74) is 5.05. The van der Waals surface area contributed by atoms with Gasteiger partial charge in [-0.1, -0.05) is 24.3 Å². The van der Waals surface area contributed by atoms with Crippen molar-refractivity contribution in [3.63, 3.8) is 0 Å². The molecule has 0 aliphatic heterocycles. The summed E-state index contributed by atoms with van der Waals surface area (Å²) < 4.78 is 5.11. The minimum atomic E-state index is -0.439. The number of nitro benzene ring substituents is 1. The number of benzene rings is 2. The van der Waals surface area contributed by atoms with Crippen LogP contribution in [0.25, 0.3) is 0 Å². The second kappa shape index (κ2) is 8.74. The van der Waals surface area contributed by atoms with Crippen molar-refractivity contribution < 1.29 is 9.66 Å². The van der Waals surface area contributed by atoms with Crippen molar-refractivity contribution in [3.8, 4) is 5.75 Å². The predicted octanol–water partition coefficient (Wildman–Crippen LogP) is 2.99. The first-order valence-corrected chi connectivity index (χ1v) is 7.86. The summed E-state index contributed by atoms with van der Waals surface area (Å²) in [6.45, 7) is 2.29. The number of hydrogen-bond donors (Lipinski definition) is 2. The van der Waals surface area contributed by atoms with Gasteiger partial charge in [-0.3, -0.25) is 15.5 Å². The van der Waals surface area contributed by atoms with Crippen molar-refractivity contribution in [2.24, 2.45) is 5.10 Å². The van der Waals surface area contributed by atoms with Crippen LogP contribution in [-0.4, -0.2) is 22.9 Å². The smallest absolute Gasteiger partial charge is 0.270 e. The summed E-state index contributed by atoms with van der Waals surface area (Å²) in [5, 5.41) is 18.4. The van der Waals surface area contributed by atoms with Crippen LogP contribution in [0.1, 0.15) is 18.1 Å². The quantitative estimate of drug-likeness (QED) is 0.357. The number of hydrazone groups is 1. The summed E-state index contributed by atoms with van der Waals surface area (Å²) in [6, 6.07) is 13.9. The van der Waals surface area contributed by atoms with Gasteiger partial charge >= 0.3 is 0 Å². The first kappa shape index (κ1) is 18.3. The van der Waals surface area contributed by atoms with Crippen molar-refractivity contribution in [3.05, 3.63) is 69.8 Å². The minimum absolute atomic E-state index is 0.0206. The molecule has 0 aliphatic carbocycles. The van der Waals surface area contributed by atoms with E-state index in [0.717, 1.165) is 11.3 Å². The lowest BCUT2D eigenvalue weighted by Gasteiger charge is -2.09. The first-order valence-electron chi connectivity index (χ1n) is 7.45. The molecule has 2 rings (SSSR count). The summed E-state index contributed by atoms with van der Waals surface area (Å²) in [4.78, 5) is 10.4. The van der Waals surface area contributed by atoms with Gasteiger partial charge in [-0.05, 0) is 36.8 Å². The highest BCUT2D eigenvalue weighted by molar-refractivity contribution is 7.80. The molecular formula is C17H18N4O3S. The maximum Gasteiger partial charge on any atom is 0.270 e. The highest BCUT2D eigenvalue weighted by atomic mass is 32.1. The van der Waals surface area contributed by atoms with Crippen molar-refractivity contribution in [2.45, 2.75) is 13.5 Å². The molecule has 130 valence electrons. The Balaban J connectivity index is 1.90. The van der Waals surface area contributed by atoms with Crippen LogP contribution in [0.2, 0.25) is 0 Å². The van der Waals surface area contributed by atoms with Crippen LogP contribution in [0.4, 0.5) is 5.69 Å². The Morgan fingerprint density at radius 2 is 2.00 bits per heavy atom. The van der Waals surface area contributed by atoms with E-state index in [2.05, 4.69) is 15.8 Å². The summed E-state index contributed by atoms with van der Waals surface area (Å²) >= 11 is 5.18. The van der Waals surface area contributed by atoms with E-state index in [1.54, 1.807) is 26.2 Å². The van der Waals surface area contributed by atoms with Crippen LogP contribution in [-0.2, 0) is 6.54 Å². The van der Waals surface area contributed by atoms with Crippen LogP contribution < -0.4 is 15.5 Å². The van der Waals surface area contributed by atoms with Crippen LogP contribution in [0, 0.1) is 10.1 Å². The molecule has 0 heterocycles. The van der Waals surface area contributed by atoms with Crippen molar-refractivity contribution in [1.29, 1.82) is 0 Å². The molecule has 2 aromatic rings. The van der Waals surface area contributed by atoms with Gasteiger partial charge in [0.05, 0.1) is 17.7 Å². The van der Waals surface area contributed by atoms with E-state index in [-0.39, 0.29) is 5.69 Å². The van der Waals surface area contributed by atoms with Crippen LogP contribution in [0.15, 0.2) is 53.6 Å². The second-order valence-corrected chi connectivity index (χ2v) is 5.56. The zero-order chi connectivity index (χ0) is 18.2. The van der Waals surface area contributed by atoms with E-state index in [1.165, 1.54) is 12.1 Å². The highest BCUT2D eigenvalue weighted by Crippen LogP contribution is 2.13. The standard InChI is InChI=1S/C17H18N4O3S/c1-12(14-4-3-5-15(10-14)21(22)23)19-20-17(25)18-11-13-6-8-16(24-2)9-7-13/h3-10H,11H2,1-2H3,(H2,18,20,25)/b19-12-. The van der Waals surface area contributed by atoms with E-state index in [0.29, 0.717) is 22.9 Å². The molecule has 0 radical (unpaired) electrons. The molecule has 0 atom stereocenters. The molecule has 2 N–H and O–H groups in total. The molecule has 25 heavy (non-hydrogen) atoms. The molecule has 2 aromatic carbocycles. The van der Waals surface area contributed by atoms with Crippen molar-refractivity contribution in [1.82, 2.24) is 10.7 Å². The Hall–Kier alpha value is -3.00. The maximum atomic E-state index is 10.8. The number of non-ortho nitro benzene ring substituents is 1. The molecule has 8 heteroatoms. The van der Waals surface area contributed by atoms with E-state index in [1.807, 2.05) is 24.3 Å². The average molecular weight is 358 g/mol. The van der Waals surface area contributed by atoms with E-state index in [4.69, 9.17) is 17.0 Å². The molecule has 0 saturated heterocycles. The lowest BCUT2D eigenvalue weighted by atomic mass is 10.1.